The van der Waals surface area contributed by atoms with Crippen LogP contribution in [-0.2, 0) is 17.8 Å². The molecule has 6 heteroatoms. The summed E-state index contributed by atoms with van der Waals surface area (Å²) >= 11 is 6.17. The Morgan fingerprint density at radius 1 is 1.19 bits per heavy atom. The van der Waals surface area contributed by atoms with Gasteiger partial charge in [-0.3, -0.25) is 4.79 Å². The third-order valence-corrected chi connectivity index (χ3v) is 4.72. The highest BCUT2D eigenvalue weighted by Crippen LogP contribution is 2.28. The molecular weight excluding hydrogens is 352 g/mol. The number of nitrogens with one attached hydrogen (secondary N) is 1. The molecule has 0 aliphatic carbocycles. The molecule has 26 heavy (non-hydrogen) atoms. The molecule has 0 saturated carbocycles. The summed E-state index contributed by atoms with van der Waals surface area (Å²) in [6, 6.07) is 17.0. The quantitative estimate of drug-likeness (QED) is 0.759. The molecule has 0 unspecified atom stereocenters. The van der Waals surface area contributed by atoms with E-state index in [-0.39, 0.29) is 11.8 Å². The second-order valence-electron chi connectivity index (χ2n) is 6.20. The van der Waals surface area contributed by atoms with Crippen LogP contribution in [0.5, 0.6) is 5.75 Å². The van der Waals surface area contributed by atoms with Gasteiger partial charge in [-0.1, -0.05) is 47.1 Å². The molecule has 0 spiro atoms. The van der Waals surface area contributed by atoms with E-state index in [9.17, 15) is 4.79 Å². The molecule has 1 atom stereocenters. The number of amides is 1. The number of carbonyl (C=O) groups excluding carboxylic acids is 1. The van der Waals surface area contributed by atoms with E-state index in [4.69, 9.17) is 20.9 Å². The fraction of sp³-hybridized carbons (Fsp3) is 0.200. The third-order valence-electron chi connectivity index (χ3n) is 4.39. The van der Waals surface area contributed by atoms with Crippen molar-refractivity contribution in [1.82, 2.24) is 10.5 Å². The predicted molar refractivity (Wildman–Crippen MR) is 97.9 cm³/mol. The first-order valence-corrected chi connectivity index (χ1v) is 8.77. The first-order valence-electron chi connectivity index (χ1n) is 8.39. The smallest absolute Gasteiger partial charge is 0.227 e. The lowest BCUT2D eigenvalue weighted by atomic mass is 9.96. The topological polar surface area (TPSA) is 64.4 Å². The van der Waals surface area contributed by atoms with E-state index in [1.54, 1.807) is 12.1 Å². The molecule has 2 aromatic carbocycles. The summed E-state index contributed by atoms with van der Waals surface area (Å²) in [5.41, 5.74) is 2.48. The number of hydrogen-bond acceptors (Lipinski definition) is 4. The molecule has 1 N–H and O–H groups in total. The van der Waals surface area contributed by atoms with Gasteiger partial charge in [-0.2, -0.15) is 0 Å². The molecule has 5 nitrogen and oxygen atoms in total. The molecule has 132 valence electrons. The Kier molecular flexibility index (Phi) is 4.63. The highest BCUT2D eigenvalue weighted by Gasteiger charge is 2.25. The van der Waals surface area contributed by atoms with Crippen LogP contribution in [0, 0.1) is 5.92 Å². The van der Waals surface area contributed by atoms with Crippen molar-refractivity contribution in [3.8, 4) is 17.1 Å². The van der Waals surface area contributed by atoms with Crippen LogP contribution in [0.2, 0.25) is 5.02 Å². The lowest BCUT2D eigenvalue weighted by molar-refractivity contribution is -0.126. The zero-order valence-corrected chi connectivity index (χ0v) is 14.7. The Hall–Kier alpha value is -2.79. The van der Waals surface area contributed by atoms with Gasteiger partial charge >= 0.3 is 0 Å². The summed E-state index contributed by atoms with van der Waals surface area (Å²) in [7, 11) is 0. The molecule has 2 heterocycles. The molecule has 1 aliphatic rings. The SMILES string of the molecule is O=C(NCc1cc(-c2ccccc2Cl)on1)[C@@H]1COc2ccccc2C1. The number of nitrogens with zero attached hydrogens (tertiary/aromatic N) is 1. The lowest BCUT2D eigenvalue weighted by Crippen LogP contribution is -2.37. The van der Waals surface area contributed by atoms with E-state index in [1.807, 2.05) is 42.5 Å². The molecule has 3 aromatic rings. The number of carbonyl (C=O) groups is 1. The van der Waals surface area contributed by atoms with E-state index >= 15 is 0 Å². The lowest BCUT2D eigenvalue weighted by Gasteiger charge is -2.24. The zero-order valence-electron chi connectivity index (χ0n) is 13.9. The number of rotatable bonds is 4. The number of hydrogen-bond donors (Lipinski definition) is 1. The number of para-hydroxylation sites is 1. The van der Waals surface area contributed by atoms with E-state index in [1.165, 1.54) is 0 Å². The van der Waals surface area contributed by atoms with Crippen LogP contribution in [0.15, 0.2) is 59.1 Å². The maximum Gasteiger partial charge on any atom is 0.227 e. The number of ether oxygens (including phenoxy) is 1. The fourth-order valence-corrected chi connectivity index (χ4v) is 3.23. The van der Waals surface area contributed by atoms with Crippen LogP contribution >= 0.6 is 11.6 Å². The average molecular weight is 369 g/mol. The zero-order chi connectivity index (χ0) is 17.9. The van der Waals surface area contributed by atoms with Crippen molar-refractivity contribution in [2.75, 3.05) is 6.61 Å². The van der Waals surface area contributed by atoms with Gasteiger partial charge in [0.25, 0.3) is 0 Å². The van der Waals surface area contributed by atoms with Crippen LogP contribution in [0.3, 0.4) is 0 Å². The number of halogens is 1. The van der Waals surface area contributed by atoms with Gasteiger partial charge in [0.05, 0.1) is 17.5 Å². The number of benzene rings is 2. The van der Waals surface area contributed by atoms with Crippen LogP contribution in [0.25, 0.3) is 11.3 Å². The Morgan fingerprint density at radius 2 is 2.00 bits per heavy atom. The highest BCUT2D eigenvalue weighted by molar-refractivity contribution is 6.33. The summed E-state index contributed by atoms with van der Waals surface area (Å²) in [6.45, 7) is 0.678. The highest BCUT2D eigenvalue weighted by atomic mass is 35.5. The van der Waals surface area contributed by atoms with Crippen molar-refractivity contribution < 1.29 is 14.1 Å². The molecule has 0 radical (unpaired) electrons. The van der Waals surface area contributed by atoms with Gasteiger partial charge in [0.15, 0.2) is 5.76 Å². The van der Waals surface area contributed by atoms with Crippen LogP contribution in [-0.4, -0.2) is 17.7 Å². The van der Waals surface area contributed by atoms with Crippen molar-refractivity contribution in [1.29, 1.82) is 0 Å². The molecule has 0 saturated heterocycles. The molecule has 0 bridgehead atoms. The minimum atomic E-state index is -0.208. The second-order valence-corrected chi connectivity index (χ2v) is 6.61. The normalized spacial score (nSPS) is 15.8. The Balaban J connectivity index is 1.38. The van der Waals surface area contributed by atoms with Gasteiger partial charge < -0.3 is 14.6 Å². The Bertz CT molecular complexity index is 938. The number of aromatic nitrogens is 1. The number of fused-ring (bicyclic) bond motifs is 1. The Labute approximate surface area is 155 Å². The molecule has 1 aromatic heterocycles. The predicted octanol–water partition coefficient (Wildman–Crippen LogP) is 3.86. The van der Waals surface area contributed by atoms with Crippen molar-refractivity contribution in [2.24, 2.45) is 5.92 Å². The minimum Gasteiger partial charge on any atom is -0.492 e. The monoisotopic (exact) mass is 368 g/mol. The van der Waals surface area contributed by atoms with E-state index in [0.29, 0.717) is 36.0 Å². The van der Waals surface area contributed by atoms with Crippen molar-refractivity contribution in [2.45, 2.75) is 13.0 Å². The maximum absolute atomic E-state index is 12.4. The molecule has 4 rings (SSSR count). The average Bonchev–Trinajstić information content (AvgIpc) is 3.15. The van der Waals surface area contributed by atoms with Crippen molar-refractivity contribution in [3.63, 3.8) is 0 Å². The summed E-state index contributed by atoms with van der Waals surface area (Å²) in [5.74, 6) is 1.17. The first kappa shape index (κ1) is 16.7. The van der Waals surface area contributed by atoms with Gasteiger partial charge in [0.2, 0.25) is 5.91 Å². The van der Waals surface area contributed by atoms with E-state index < -0.39 is 0 Å². The van der Waals surface area contributed by atoms with Crippen LogP contribution in [0.4, 0.5) is 0 Å². The largest absolute Gasteiger partial charge is 0.492 e. The van der Waals surface area contributed by atoms with Crippen LogP contribution in [0.1, 0.15) is 11.3 Å². The summed E-state index contributed by atoms with van der Waals surface area (Å²) in [4.78, 5) is 12.4. The van der Waals surface area contributed by atoms with Gasteiger partial charge in [-0.05, 0) is 30.2 Å². The van der Waals surface area contributed by atoms with Crippen molar-refractivity contribution in [3.05, 3.63) is 70.9 Å². The molecule has 0 fully saturated rings. The van der Waals surface area contributed by atoms with E-state index in [0.717, 1.165) is 16.9 Å². The fourth-order valence-electron chi connectivity index (χ4n) is 3.00. The summed E-state index contributed by atoms with van der Waals surface area (Å²) in [5, 5.41) is 7.51. The van der Waals surface area contributed by atoms with Crippen molar-refractivity contribution >= 4 is 17.5 Å². The summed E-state index contributed by atoms with van der Waals surface area (Å²) in [6.07, 6.45) is 0.672. The molecular formula is C20H17ClN2O3. The van der Waals surface area contributed by atoms with Gasteiger partial charge in [0.1, 0.15) is 18.1 Å². The van der Waals surface area contributed by atoms with Gasteiger partial charge in [-0.15, -0.1) is 0 Å². The third kappa shape index (κ3) is 3.44. The Morgan fingerprint density at radius 3 is 2.88 bits per heavy atom. The summed E-state index contributed by atoms with van der Waals surface area (Å²) < 4.78 is 11.0. The standard InChI is InChI=1S/C20H17ClN2O3/c21-17-7-3-2-6-16(17)19-10-15(23-26-19)11-22-20(24)14-9-13-5-1-4-8-18(13)25-12-14/h1-8,10,14H,9,11-12H2,(H,22,24)/t14-/m0/s1. The van der Waals surface area contributed by atoms with Gasteiger partial charge in [0, 0.05) is 11.6 Å². The van der Waals surface area contributed by atoms with E-state index in [2.05, 4.69) is 10.5 Å². The molecule has 1 aliphatic heterocycles. The second kappa shape index (κ2) is 7.22. The van der Waals surface area contributed by atoms with Crippen LogP contribution < -0.4 is 10.1 Å². The van der Waals surface area contributed by atoms with Gasteiger partial charge in [-0.25, -0.2) is 0 Å². The first-order chi connectivity index (χ1) is 12.7. The minimum absolute atomic E-state index is 0.0539. The maximum atomic E-state index is 12.4. The molecule has 1 amide bonds.